The Bertz CT molecular complexity index is 407. The molecular formula is C14H21FN2O. The maximum absolute atomic E-state index is 13.5. The minimum atomic E-state index is -0.532. The summed E-state index contributed by atoms with van der Waals surface area (Å²) in [6.45, 7) is 4.63. The highest BCUT2D eigenvalue weighted by Gasteiger charge is 2.08. The highest BCUT2D eigenvalue weighted by Crippen LogP contribution is 2.11. The zero-order valence-electron chi connectivity index (χ0n) is 11.0. The van der Waals surface area contributed by atoms with Gasteiger partial charge in [0, 0.05) is 23.7 Å². The van der Waals surface area contributed by atoms with Crippen LogP contribution in [0.1, 0.15) is 49.0 Å². The van der Waals surface area contributed by atoms with E-state index in [1.54, 1.807) is 0 Å². The van der Waals surface area contributed by atoms with Crippen LogP contribution in [-0.4, -0.2) is 11.9 Å². The van der Waals surface area contributed by atoms with Gasteiger partial charge in [0.15, 0.2) is 0 Å². The van der Waals surface area contributed by atoms with Crippen molar-refractivity contribution in [1.29, 1.82) is 0 Å². The van der Waals surface area contributed by atoms with E-state index in [-0.39, 0.29) is 5.82 Å². The fraction of sp³-hybridized carbons (Fsp3) is 0.500. The third kappa shape index (κ3) is 4.45. The Labute approximate surface area is 108 Å². The van der Waals surface area contributed by atoms with Gasteiger partial charge >= 0.3 is 0 Å². The van der Waals surface area contributed by atoms with Crippen LogP contribution in [0.15, 0.2) is 18.2 Å². The summed E-state index contributed by atoms with van der Waals surface area (Å²) in [6, 6.07) is 4.54. The molecule has 3 N–H and O–H groups in total. The van der Waals surface area contributed by atoms with E-state index >= 15 is 0 Å². The molecule has 0 saturated heterocycles. The monoisotopic (exact) mass is 252 g/mol. The van der Waals surface area contributed by atoms with Crippen LogP contribution in [0.4, 0.5) is 4.39 Å². The summed E-state index contributed by atoms with van der Waals surface area (Å²) in [5.74, 6) is -0.842. The van der Waals surface area contributed by atoms with E-state index in [1.165, 1.54) is 18.2 Å². The minimum Gasteiger partial charge on any atom is -0.366 e. The number of rotatable bonds is 7. The molecule has 0 heterocycles. The first-order chi connectivity index (χ1) is 8.54. The molecule has 1 atom stereocenters. The molecule has 1 amide bonds. The van der Waals surface area contributed by atoms with Crippen molar-refractivity contribution in [1.82, 2.24) is 5.32 Å². The van der Waals surface area contributed by atoms with Crippen LogP contribution in [0, 0.1) is 5.82 Å². The molecular weight excluding hydrogens is 231 g/mol. The van der Waals surface area contributed by atoms with Crippen molar-refractivity contribution in [3.63, 3.8) is 0 Å². The zero-order valence-corrected chi connectivity index (χ0v) is 11.0. The Morgan fingerprint density at radius 2 is 2.22 bits per heavy atom. The summed E-state index contributed by atoms with van der Waals surface area (Å²) in [5.41, 5.74) is 6.00. The Hall–Kier alpha value is -1.42. The van der Waals surface area contributed by atoms with Gasteiger partial charge in [-0.1, -0.05) is 19.8 Å². The molecule has 0 fully saturated rings. The number of amides is 1. The minimum absolute atomic E-state index is 0.310. The van der Waals surface area contributed by atoms with E-state index in [0.29, 0.717) is 23.7 Å². The normalized spacial score (nSPS) is 12.4. The molecule has 0 aliphatic heterocycles. The van der Waals surface area contributed by atoms with Crippen molar-refractivity contribution in [3.8, 4) is 0 Å². The second-order valence-electron chi connectivity index (χ2n) is 4.59. The van der Waals surface area contributed by atoms with Crippen molar-refractivity contribution in [2.75, 3.05) is 0 Å². The quantitative estimate of drug-likeness (QED) is 0.783. The molecule has 1 rings (SSSR count). The van der Waals surface area contributed by atoms with Gasteiger partial charge in [-0.05, 0) is 31.5 Å². The highest BCUT2D eigenvalue weighted by molar-refractivity contribution is 5.92. The van der Waals surface area contributed by atoms with Gasteiger partial charge in [0.2, 0.25) is 5.91 Å². The Balaban J connectivity index is 2.60. The van der Waals surface area contributed by atoms with Crippen LogP contribution in [0.25, 0.3) is 0 Å². The number of benzene rings is 1. The fourth-order valence-electron chi connectivity index (χ4n) is 1.76. The predicted molar refractivity (Wildman–Crippen MR) is 70.7 cm³/mol. The van der Waals surface area contributed by atoms with Gasteiger partial charge in [0.25, 0.3) is 0 Å². The van der Waals surface area contributed by atoms with Crippen molar-refractivity contribution in [3.05, 3.63) is 35.1 Å². The fourth-order valence-corrected chi connectivity index (χ4v) is 1.76. The number of hydrogen-bond acceptors (Lipinski definition) is 2. The first kappa shape index (κ1) is 14.6. The number of unbranched alkanes of at least 4 members (excludes halogenated alkanes) is 1. The summed E-state index contributed by atoms with van der Waals surface area (Å²) in [4.78, 5) is 11.0. The molecule has 1 aromatic rings. The van der Waals surface area contributed by atoms with E-state index in [0.717, 1.165) is 19.3 Å². The molecule has 0 aliphatic rings. The van der Waals surface area contributed by atoms with Gasteiger partial charge < -0.3 is 11.1 Å². The largest absolute Gasteiger partial charge is 0.366 e. The third-order valence-electron chi connectivity index (χ3n) is 2.96. The summed E-state index contributed by atoms with van der Waals surface area (Å²) >= 11 is 0. The number of primary amides is 1. The second kappa shape index (κ2) is 7.11. The standard InChI is InChI=1S/C14H21FN2O/c1-3-4-5-10(2)17-9-12-8-11(14(16)18)6-7-13(12)15/h6-8,10,17H,3-5,9H2,1-2H3,(H2,16,18). The van der Waals surface area contributed by atoms with Crippen LogP contribution < -0.4 is 11.1 Å². The maximum Gasteiger partial charge on any atom is 0.248 e. The van der Waals surface area contributed by atoms with Gasteiger partial charge in [0.1, 0.15) is 5.82 Å². The number of carbonyl (C=O) groups is 1. The molecule has 1 unspecified atom stereocenters. The van der Waals surface area contributed by atoms with E-state index in [2.05, 4.69) is 19.2 Å². The highest BCUT2D eigenvalue weighted by atomic mass is 19.1. The smallest absolute Gasteiger partial charge is 0.248 e. The molecule has 0 aliphatic carbocycles. The molecule has 0 spiro atoms. The summed E-state index contributed by atoms with van der Waals surface area (Å²) in [7, 11) is 0. The number of halogens is 1. The number of hydrogen-bond donors (Lipinski definition) is 2. The second-order valence-corrected chi connectivity index (χ2v) is 4.59. The molecule has 18 heavy (non-hydrogen) atoms. The van der Waals surface area contributed by atoms with E-state index in [1.807, 2.05) is 0 Å². The van der Waals surface area contributed by atoms with E-state index in [4.69, 9.17) is 5.73 Å². The first-order valence-corrected chi connectivity index (χ1v) is 6.36. The molecule has 0 bridgehead atoms. The SMILES string of the molecule is CCCCC(C)NCc1cc(C(N)=O)ccc1F. The van der Waals surface area contributed by atoms with Gasteiger partial charge in [-0.3, -0.25) is 4.79 Å². The van der Waals surface area contributed by atoms with Crippen molar-refractivity contribution < 1.29 is 9.18 Å². The number of carbonyl (C=O) groups excluding carboxylic acids is 1. The molecule has 1 aromatic carbocycles. The van der Waals surface area contributed by atoms with E-state index < -0.39 is 5.91 Å². The topological polar surface area (TPSA) is 55.1 Å². The summed E-state index contributed by atoms with van der Waals surface area (Å²) < 4.78 is 13.5. The number of nitrogens with one attached hydrogen (secondary N) is 1. The van der Waals surface area contributed by atoms with Crippen LogP contribution >= 0.6 is 0 Å². The molecule has 3 nitrogen and oxygen atoms in total. The maximum atomic E-state index is 13.5. The number of nitrogens with two attached hydrogens (primary N) is 1. The van der Waals surface area contributed by atoms with Crippen molar-refractivity contribution in [2.24, 2.45) is 5.73 Å². The Morgan fingerprint density at radius 1 is 1.50 bits per heavy atom. The molecule has 0 radical (unpaired) electrons. The van der Waals surface area contributed by atoms with Gasteiger partial charge in [-0.15, -0.1) is 0 Å². The third-order valence-corrected chi connectivity index (χ3v) is 2.96. The van der Waals surface area contributed by atoms with Gasteiger partial charge in [-0.25, -0.2) is 4.39 Å². The first-order valence-electron chi connectivity index (χ1n) is 6.36. The molecule has 0 aromatic heterocycles. The summed E-state index contributed by atoms with van der Waals surface area (Å²) in [5, 5.41) is 3.25. The van der Waals surface area contributed by atoms with Gasteiger partial charge in [0.05, 0.1) is 0 Å². The van der Waals surface area contributed by atoms with Crippen LogP contribution in [0.3, 0.4) is 0 Å². The lowest BCUT2D eigenvalue weighted by Crippen LogP contribution is -2.26. The van der Waals surface area contributed by atoms with E-state index in [9.17, 15) is 9.18 Å². The average Bonchev–Trinajstić information content (AvgIpc) is 2.35. The molecule has 4 heteroatoms. The predicted octanol–water partition coefficient (Wildman–Crippen LogP) is 2.59. The molecule has 100 valence electrons. The van der Waals surface area contributed by atoms with Crippen LogP contribution in [0.5, 0.6) is 0 Å². The van der Waals surface area contributed by atoms with Crippen LogP contribution in [0.2, 0.25) is 0 Å². The van der Waals surface area contributed by atoms with Gasteiger partial charge in [-0.2, -0.15) is 0 Å². The lowest BCUT2D eigenvalue weighted by atomic mass is 10.1. The Kier molecular flexibility index (Phi) is 5.78. The van der Waals surface area contributed by atoms with Crippen LogP contribution in [-0.2, 0) is 6.54 Å². The van der Waals surface area contributed by atoms with Crippen molar-refractivity contribution in [2.45, 2.75) is 45.7 Å². The van der Waals surface area contributed by atoms with Crippen molar-refractivity contribution >= 4 is 5.91 Å². The Morgan fingerprint density at radius 3 is 2.83 bits per heavy atom. The lowest BCUT2D eigenvalue weighted by Gasteiger charge is -2.14. The summed E-state index contributed by atoms with van der Waals surface area (Å²) in [6.07, 6.45) is 3.36. The lowest BCUT2D eigenvalue weighted by molar-refractivity contribution is 0.1000. The molecule has 0 saturated carbocycles. The average molecular weight is 252 g/mol. The zero-order chi connectivity index (χ0) is 13.5.